The Morgan fingerprint density at radius 1 is 1.12 bits per heavy atom. The number of carbonyl (C=O) groups excluding carboxylic acids is 1. The maximum Gasteiger partial charge on any atom is 0.345 e. The number of benzene rings is 2. The van der Waals surface area contributed by atoms with E-state index in [0.717, 1.165) is 12.1 Å². The lowest BCUT2D eigenvalue weighted by Gasteiger charge is -2.05. The molecular formula is C13H8ClFO2. The zero-order chi connectivity index (χ0) is 12.3. The molecule has 2 rings (SSSR count). The lowest BCUT2D eigenvalue weighted by molar-refractivity contribution is 0.0735. The Labute approximate surface area is 103 Å². The molecule has 0 aliphatic rings. The van der Waals surface area contributed by atoms with E-state index in [1.165, 1.54) is 6.07 Å². The molecule has 2 aromatic rings. The molecule has 0 saturated carbocycles. The number of rotatable bonds is 2. The SMILES string of the molecule is O=C(Oc1ccccc1)c1ccc(F)cc1Cl. The molecule has 2 aromatic carbocycles. The highest BCUT2D eigenvalue weighted by Gasteiger charge is 2.13. The summed E-state index contributed by atoms with van der Waals surface area (Å²) in [5, 5.41) is 0.0333. The Hall–Kier alpha value is -1.87. The molecule has 0 amide bonds. The van der Waals surface area contributed by atoms with E-state index in [1.807, 2.05) is 6.07 Å². The molecule has 2 nitrogen and oxygen atoms in total. The second-order valence-corrected chi connectivity index (χ2v) is 3.73. The van der Waals surface area contributed by atoms with Crippen molar-refractivity contribution in [2.24, 2.45) is 0 Å². The first-order valence-corrected chi connectivity index (χ1v) is 5.27. The number of halogens is 2. The first kappa shape index (κ1) is 11.6. The van der Waals surface area contributed by atoms with Crippen molar-refractivity contribution >= 4 is 17.6 Å². The van der Waals surface area contributed by atoms with Crippen molar-refractivity contribution in [3.05, 3.63) is 64.9 Å². The lowest BCUT2D eigenvalue weighted by Crippen LogP contribution is -2.09. The van der Waals surface area contributed by atoms with Gasteiger partial charge in [0.1, 0.15) is 11.6 Å². The van der Waals surface area contributed by atoms with Crippen LogP contribution in [0.5, 0.6) is 5.75 Å². The molecule has 0 radical (unpaired) electrons. The van der Waals surface area contributed by atoms with Crippen LogP contribution >= 0.6 is 11.6 Å². The van der Waals surface area contributed by atoms with Crippen molar-refractivity contribution in [1.29, 1.82) is 0 Å². The molecule has 86 valence electrons. The van der Waals surface area contributed by atoms with Gasteiger partial charge in [-0.2, -0.15) is 0 Å². The van der Waals surface area contributed by atoms with Crippen LogP contribution < -0.4 is 4.74 Å². The second-order valence-electron chi connectivity index (χ2n) is 3.33. The van der Waals surface area contributed by atoms with Crippen molar-refractivity contribution < 1.29 is 13.9 Å². The van der Waals surface area contributed by atoms with E-state index in [2.05, 4.69) is 0 Å². The van der Waals surface area contributed by atoms with Crippen LogP contribution in [-0.4, -0.2) is 5.97 Å². The summed E-state index contributed by atoms with van der Waals surface area (Å²) in [6, 6.07) is 12.1. The number of carbonyl (C=O) groups is 1. The third-order valence-corrected chi connectivity index (χ3v) is 2.42. The Kier molecular flexibility index (Phi) is 3.40. The summed E-state index contributed by atoms with van der Waals surface area (Å²) in [5.74, 6) is -0.689. The van der Waals surface area contributed by atoms with Gasteiger partial charge in [-0.15, -0.1) is 0 Å². The molecule has 0 fully saturated rings. The van der Waals surface area contributed by atoms with Crippen molar-refractivity contribution in [3.8, 4) is 5.75 Å². The van der Waals surface area contributed by atoms with Crippen molar-refractivity contribution in [2.75, 3.05) is 0 Å². The summed E-state index contributed by atoms with van der Waals surface area (Å²) in [6.45, 7) is 0. The molecule has 0 spiro atoms. The Balaban J connectivity index is 2.21. The molecule has 0 aromatic heterocycles. The van der Waals surface area contributed by atoms with Gasteiger partial charge in [0.2, 0.25) is 0 Å². The van der Waals surface area contributed by atoms with E-state index in [-0.39, 0.29) is 10.6 Å². The van der Waals surface area contributed by atoms with E-state index < -0.39 is 11.8 Å². The number of hydrogen-bond acceptors (Lipinski definition) is 2. The largest absolute Gasteiger partial charge is 0.423 e. The third-order valence-electron chi connectivity index (χ3n) is 2.10. The summed E-state index contributed by atoms with van der Waals surface area (Å²) < 4.78 is 17.9. The van der Waals surface area contributed by atoms with Gasteiger partial charge >= 0.3 is 5.97 Å². The van der Waals surface area contributed by atoms with Crippen LogP contribution in [0.2, 0.25) is 5.02 Å². The first-order chi connectivity index (χ1) is 8.16. The van der Waals surface area contributed by atoms with E-state index >= 15 is 0 Å². The van der Waals surface area contributed by atoms with Crippen LogP contribution in [0.25, 0.3) is 0 Å². The highest BCUT2D eigenvalue weighted by atomic mass is 35.5. The highest BCUT2D eigenvalue weighted by molar-refractivity contribution is 6.33. The minimum atomic E-state index is -0.610. The maximum atomic E-state index is 12.8. The van der Waals surface area contributed by atoms with Gasteiger partial charge in [0.25, 0.3) is 0 Å². The van der Waals surface area contributed by atoms with Crippen molar-refractivity contribution in [2.45, 2.75) is 0 Å². The molecular weight excluding hydrogens is 243 g/mol. The average Bonchev–Trinajstić information content (AvgIpc) is 2.30. The van der Waals surface area contributed by atoms with Gasteiger partial charge in [-0.3, -0.25) is 0 Å². The van der Waals surface area contributed by atoms with Crippen LogP contribution in [0.1, 0.15) is 10.4 Å². The molecule has 0 unspecified atom stereocenters. The summed E-state index contributed by atoms with van der Waals surface area (Å²) in [7, 11) is 0. The van der Waals surface area contributed by atoms with Gasteiger partial charge in [-0.05, 0) is 30.3 Å². The standard InChI is InChI=1S/C13H8ClFO2/c14-12-8-9(15)6-7-11(12)13(16)17-10-4-2-1-3-5-10/h1-8H. The van der Waals surface area contributed by atoms with Gasteiger partial charge in [0.05, 0.1) is 10.6 Å². The monoisotopic (exact) mass is 250 g/mol. The molecule has 4 heteroatoms. The highest BCUT2D eigenvalue weighted by Crippen LogP contribution is 2.19. The Bertz CT molecular complexity index is 540. The summed E-state index contributed by atoms with van der Waals surface area (Å²) in [4.78, 5) is 11.7. The van der Waals surface area contributed by atoms with Gasteiger partial charge in [0, 0.05) is 0 Å². The maximum absolute atomic E-state index is 12.8. The zero-order valence-electron chi connectivity index (χ0n) is 8.69. The predicted molar refractivity (Wildman–Crippen MR) is 62.8 cm³/mol. The number of hydrogen-bond donors (Lipinski definition) is 0. The Morgan fingerprint density at radius 3 is 2.47 bits per heavy atom. The second kappa shape index (κ2) is 4.97. The lowest BCUT2D eigenvalue weighted by atomic mass is 10.2. The number of esters is 1. The molecule has 17 heavy (non-hydrogen) atoms. The van der Waals surface area contributed by atoms with Gasteiger partial charge in [-0.1, -0.05) is 29.8 Å². The first-order valence-electron chi connectivity index (χ1n) is 4.89. The average molecular weight is 251 g/mol. The Morgan fingerprint density at radius 2 is 1.82 bits per heavy atom. The topological polar surface area (TPSA) is 26.3 Å². The van der Waals surface area contributed by atoms with Crippen LogP contribution in [0.15, 0.2) is 48.5 Å². The van der Waals surface area contributed by atoms with Crippen LogP contribution in [0, 0.1) is 5.82 Å². The third kappa shape index (κ3) is 2.82. The number of para-hydroxylation sites is 1. The van der Waals surface area contributed by atoms with Gasteiger partial charge in [0.15, 0.2) is 0 Å². The molecule has 0 atom stereocenters. The number of ether oxygens (including phenoxy) is 1. The summed E-state index contributed by atoms with van der Waals surface area (Å²) in [6.07, 6.45) is 0. The molecule has 0 N–H and O–H groups in total. The quantitative estimate of drug-likeness (QED) is 0.600. The van der Waals surface area contributed by atoms with Crippen LogP contribution in [0.4, 0.5) is 4.39 Å². The van der Waals surface area contributed by atoms with Gasteiger partial charge < -0.3 is 4.74 Å². The molecule has 0 bridgehead atoms. The fraction of sp³-hybridized carbons (Fsp3) is 0. The minimum Gasteiger partial charge on any atom is -0.423 e. The fourth-order valence-corrected chi connectivity index (χ4v) is 1.55. The zero-order valence-corrected chi connectivity index (χ0v) is 9.45. The van der Waals surface area contributed by atoms with Crippen LogP contribution in [0.3, 0.4) is 0 Å². The fourth-order valence-electron chi connectivity index (χ4n) is 1.31. The van der Waals surface area contributed by atoms with Crippen LogP contribution in [-0.2, 0) is 0 Å². The molecule has 0 aliphatic carbocycles. The van der Waals surface area contributed by atoms with E-state index in [9.17, 15) is 9.18 Å². The van der Waals surface area contributed by atoms with Gasteiger partial charge in [-0.25, -0.2) is 9.18 Å². The van der Waals surface area contributed by atoms with E-state index in [0.29, 0.717) is 5.75 Å². The minimum absolute atomic E-state index is 0.0333. The van der Waals surface area contributed by atoms with E-state index in [4.69, 9.17) is 16.3 Å². The normalized spacial score (nSPS) is 10.0. The van der Waals surface area contributed by atoms with Crippen molar-refractivity contribution in [1.82, 2.24) is 0 Å². The predicted octanol–water partition coefficient (Wildman–Crippen LogP) is 3.70. The smallest absolute Gasteiger partial charge is 0.345 e. The molecule has 0 heterocycles. The van der Waals surface area contributed by atoms with E-state index in [1.54, 1.807) is 24.3 Å². The summed E-state index contributed by atoms with van der Waals surface area (Å²) in [5.41, 5.74) is 0.136. The van der Waals surface area contributed by atoms with Crippen molar-refractivity contribution in [3.63, 3.8) is 0 Å². The molecule has 0 saturated heterocycles. The molecule has 0 aliphatic heterocycles. The summed E-state index contributed by atoms with van der Waals surface area (Å²) >= 11 is 5.75.